The van der Waals surface area contributed by atoms with Crippen LogP contribution in [0.25, 0.3) is 0 Å². The maximum absolute atomic E-state index is 13.1. The minimum absolute atomic E-state index is 0.156. The van der Waals surface area contributed by atoms with Crippen LogP contribution < -0.4 is 0 Å². The molecule has 1 unspecified atom stereocenters. The molecule has 1 saturated heterocycles. The Morgan fingerprint density at radius 2 is 1.24 bits per heavy atom. The summed E-state index contributed by atoms with van der Waals surface area (Å²) < 4.78 is 24.2. The lowest BCUT2D eigenvalue weighted by molar-refractivity contribution is -0.218. The average Bonchev–Trinajstić information content (AvgIpc) is 2.87. The molecule has 0 radical (unpaired) electrons. The molecule has 4 atom stereocenters. The third kappa shape index (κ3) is 6.75. The van der Waals surface area contributed by atoms with E-state index in [1.165, 1.54) is 0 Å². The van der Waals surface area contributed by atoms with E-state index in [9.17, 15) is 4.79 Å². The van der Waals surface area contributed by atoms with E-state index in [0.717, 1.165) is 16.7 Å². The Bertz CT molecular complexity index is 977. The van der Waals surface area contributed by atoms with Gasteiger partial charge in [-0.1, -0.05) is 91.0 Å². The molecule has 172 valence electrons. The van der Waals surface area contributed by atoms with E-state index in [1.54, 1.807) is 0 Å². The van der Waals surface area contributed by atoms with Crippen molar-refractivity contribution in [3.05, 3.63) is 108 Å². The van der Waals surface area contributed by atoms with Gasteiger partial charge in [0.2, 0.25) is 0 Å². The van der Waals surface area contributed by atoms with Gasteiger partial charge in [-0.25, -0.2) is 4.79 Å². The fourth-order valence-corrected chi connectivity index (χ4v) is 3.94. The zero-order valence-corrected chi connectivity index (χ0v) is 18.8. The highest BCUT2D eigenvalue weighted by molar-refractivity contribution is 5.75. The van der Waals surface area contributed by atoms with Gasteiger partial charge in [0.15, 0.2) is 6.10 Å². The Morgan fingerprint density at radius 3 is 1.79 bits per heavy atom. The molecule has 1 heterocycles. The van der Waals surface area contributed by atoms with Crippen LogP contribution >= 0.6 is 0 Å². The predicted molar refractivity (Wildman–Crippen MR) is 125 cm³/mol. The minimum atomic E-state index is -0.859. The second-order valence-electron chi connectivity index (χ2n) is 8.29. The molecule has 0 saturated carbocycles. The van der Waals surface area contributed by atoms with Gasteiger partial charge < -0.3 is 18.9 Å². The van der Waals surface area contributed by atoms with E-state index >= 15 is 0 Å². The second kappa shape index (κ2) is 11.8. The first-order valence-electron chi connectivity index (χ1n) is 11.4. The van der Waals surface area contributed by atoms with Crippen molar-refractivity contribution in [1.82, 2.24) is 0 Å². The molecule has 0 amide bonds. The second-order valence-corrected chi connectivity index (χ2v) is 8.29. The van der Waals surface area contributed by atoms with Crippen LogP contribution in [-0.2, 0) is 43.6 Å². The van der Waals surface area contributed by atoms with Crippen LogP contribution in [0.1, 0.15) is 30.0 Å². The van der Waals surface area contributed by atoms with Gasteiger partial charge in [-0.05, 0) is 23.6 Å². The Balaban J connectivity index is 1.47. The van der Waals surface area contributed by atoms with Crippen LogP contribution in [0.15, 0.2) is 91.0 Å². The first kappa shape index (κ1) is 23.2. The third-order valence-electron chi connectivity index (χ3n) is 5.66. The van der Waals surface area contributed by atoms with E-state index in [-0.39, 0.29) is 18.8 Å². The van der Waals surface area contributed by atoms with Crippen molar-refractivity contribution in [3.8, 4) is 0 Å². The van der Waals surface area contributed by atoms with Crippen molar-refractivity contribution in [2.24, 2.45) is 0 Å². The van der Waals surface area contributed by atoms with Crippen molar-refractivity contribution in [3.63, 3.8) is 0 Å². The maximum Gasteiger partial charge on any atom is 0.338 e. The zero-order chi connectivity index (χ0) is 22.9. The molecule has 0 bridgehead atoms. The van der Waals surface area contributed by atoms with Gasteiger partial charge in [-0.3, -0.25) is 0 Å². The quantitative estimate of drug-likeness (QED) is 0.429. The van der Waals surface area contributed by atoms with Gasteiger partial charge >= 0.3 is 5.97 Å². The molecule has 0 spiro atoms. The summed E-state index contributed by atoms with van der Waals surface area (Å²) in [5, 5.41) is 0. The number of benzene rings is 3. The molecular weight excluding hydrogens is 416 g/mol. The van der Waals surface area contributed by atoms with Crippen molar-refractivity contribution in [1.29, 1.82) is 0 Å². The summed E-state index contributed by atoms with van der Waals surface area (Å²) in [7, 11) is 0. The van der Waals surface area contributed by atoms with Crippen LogP contribution in [0.4, 0.5) is 0 Å². The van der Waals surface area contributed by atoms with Crippen molar-refractivity contribution < 1.29 is 23.7 Å². The van der Waals surface area contributed by atoms with Gasteiger partial charge in [-0.15, -0.1) is 0 Å². The molecule has 1 fully saturated rings. The molecule has 4 rings (SSSR count). The summed E-state index contributed by atoms with van der Waals surface area (Å²) in [4.78, 5) is 13.1. The molecule has 0 aliphatic carbocycles. The molecule has 3 aromatic rings. The Hall–Kier alpha value is -2.99. The monoisotopic (exact) mass is 446 g/mol. The number of rotatable bonds is 9. The van der Waals surface area contributed by atoms with E-state index < -0.39 is 18.2 Å². The van der Waals surface area contributed by atoms with Crippen LogP contribution in [0.5, 0.6) is 0 Å². The summed E-state index contributed by atoms with van der Waals surface area (Å²) >= 11 is 0. The number of ether oxygens (including phenoxy) is 4. The largest absolute Gasteiger partial charge is 0.459 e. The van der Waals surface area contributed by atoms with Crippen LogP contribution in [0.2, 0.25) is 0 Å². The first-order valence-corrected chi connectivity index (χ1v) is 11.4. The molecule has 5 nitrogen and oxygen atoms in total. The summed E-state index contributed by atoms with van der Waals surface area (Å²) in [6.07, 6.45) is -1.26. The summed E-state index contributed by atoms with van der Waals surface area (Å²) in [6, 6.07) is 29.5. The van der Waals surface area contributed by atoms with E-state index in [4.69, 9.17) is 18.9 Å². The van der Waals surface area contributed by atoms with Crippen LogP contribution in [0, 0.1) is 0 Å². The van der Waals surface area contributed by atoms with E-state index in [0.29, 0.717) is 19.6 Å². The Morgan fingerprint density at radius 1 is 0.758 bits per heavy atom. The topological polar surface area (TPSA) is 54.0 Å². The minimum Gasteiger partial charge on any atom is -0.459 e. The van der Waals surface area contributed by atoms with Gasteiger partial charge in [0.25, 0.3) is 0 Å². The lowest BCUT2D eigenvalue weighted by Crippen LogP contribution is -2.53. The lowest BCUT2D eigenvalue weighted by atomic mass is 9.97. The molecule has 5 heteroatoms. The average molecular weight is 447 g/mol. The Kier molecular flexibility index (Phi) is 8.25. The number of hydrogen-bond donors (Lipinski definition) is 0. The highest BCUT2D eigenvalue weighted by Crippen LogP contribution is 2.28. The number of carbonyl (C=O) groups excluding carboxylic acids is 1. The summed E-state index contributed by atoms with van der Waals surface area (Å²) in [5.41, 5.74) is 3.02. The molecule has 0 aromatic heterocycles. The molecular formula is C28H30O5. The first-order chi connectivity index (χ1) is 16.2. The molecule has 33 heavy (non-hydrogen) atoms. The number of esters is 1. The Labute approximate surface area is 195 Å². The number of hydrogen-bond acceptors (Lipinski definition) is 5. The highest BCUT2D eigenvalue weighted by atomic mass is 16.6. The number of carbonyl (C=O) groups is 1. The molecule has 0 N–H and O–H groups in total. The zero-order valence-electron chi connectivity index (χ0n) is 18.8. The van der Waals surface area contributed by atoms with Gasteiger partial charge in [0.05, 0.1) is 25.4 Å². The molecule has 1 aliphatic heterocycles. The molecule has 3 aromatic carbocycles. The van der Waals surface area contributed by atoms with Gasteiger partial charge in [0, 0.05) is 6.42 Å². The van der Waals surface area contributed by atoms with Crippen molar-refractivity contribution in [2.45, 2.75) is 57.6 Å². The summed E-state index contributed by atoms with van der Waals surface area (Å²) in [5.74, 6) is -0.434. The maximum atomic E-state index is 13.1. The fraction of sp³-hybridized carbons (Fsp3) is 0.321. The molecule has 1 aliphatic rings. The summed E-state index contributed by atoms with van der Waals surface area (Å²) in [6.45, 7) is 2.94. The van der Waals surface area contributed by atoms with Crippen LogP contribution in [-0.4, -0.2) is 30.4 Å². The van der Waals surface area contributed by atoms with Crippen LogP contribution in [0.3, 0.4) is 0 Å². The fourth-order valence-electron chi connectivity index (χ4n) is 3.94. The smallest absolute Gasteiger partial charge is 0.338 e. The highest BCUT2D eigenvalue weighted by Gasteiger charge is 2.44. The SMILES string of the molecule is CC1C[C@@H](OCc2ccccc2)[C@H](OCc2ccccc2)[C@@H](C(=O)OCc2ccccc2)O1. The van der Waals surface area contributed by atoms with Gasteiger partial charge in [-0.2, -0.15) is 0 Å². The van der Waals surface area contributed by atoms with Crippen molar-refractivity contribution >= 4 is 5.97 Å². The van der Waals surface area contributed by atoms with Gasteiger partial charge in [0.1, 0.15) is 12.7 Å². The van der Waals surface area contributed by atoms with Crippen molar-refractivity contribution in [2.75, 3.05) is 0 Å². The lowest BCUT2D eigenvalue weighted by Gasteiger charge is -2.39. The van der Waals surface area contributed by atoms with E-state index in [2.05, 4.69) is 0 Å². The normalized spacial score (nSPS) is 22.6. The van der Waals surface area contributed by atoms with E-state index in [1.807, 2.05) is 97.9 Å². The third-order valence-corrected chi connectivity index (χ3v) is 5.66. The predicted octanol–water partition coefficient (Wildman–Crippen LogP) is 5.08. The standard InChI is InChI=1S/C28H30O5/c1-21-17-25(30-18-22-11-5-2-6-12-22)26(31-19-23-13-7-3-8-14-23)27(33-21)28(29)32-20-24-15-9-4-10-16-24/h2-16,21,25-27H,17-20H2,1H3/t21?,25-,26+,27+/m1/s1.